The van der Waals surface area contributed by atoms with E-state index in [9.17, 15) is 9.59 Å². The molecule has 36 heavy (non-hydrogen) atoms. The summed E-state index contributed by atoms with van der Waals surface area (Å²) in [5.74, 6) is -0.565. The van der Waals surface area contributed by atoms with Crippen molar-refractivity contribution in [2.75, 3.05) is 0 Å². The number of carbonyl (C=O) groups is 2. The first-order chi connectivity index (χ1) is 16.9. The summed E-state index contributed by atoms with van der Waals surface area (Å²) >= 11 is 25.4. The van der Waals surface area contributed by atoms with Crippen molar-refractivity contribution in [3.8, 4) is 0 Å². The Morgan fingerprint density at radius 1 is 0.861 bits per heavy atom. The molecule has 2 amide bonds. The zero-order valence-electron chi connectivity index (χ0n) is 20.3. The van der Waals surface area contributed by atoms with E-state index in [-0.39, 0.29) is 24.8 Å². The highest BCUT2D eigenvalue weighted by Crippen LogP contribution is 2.28. The van der Waals surface area contributed by atoms with Gasteiger partial charge in [-0.25, -0.2) is 0 Å². The molecule has 0 aliphatic rings. The second-order valence-electron chi connectivity index (χ2n) is 9.58. The molecule has 0 unspecified atom stereocenters. The maximum atomic E-state index is 13.8. The van der Waals surface area contributed by atoms with Gasteiger partial charge in [0.25, 0.3) is 0 Å². The molecule has 1 N–H and O–H groups in total. The molecule has 3 aromatic carbocycles. The number of nitrogens with zero attached hydrogens (tertiary/aromatic N) is 1. The number of amides is 2. The van der Waals surface area contributed by atoms with Crippen LogP contribution in [-0.2, 0) is 29.0 Å². The Labute approximate surface area is 232 Å². The van der Waals surface area contributed by atoms with E-state index in [4.69, 9.17) is 46.4 Å². The van der Waals surface area contributed by atoms with E-state index in [1.165, 1.54) is 4.90 Å². The predicted molar refractivity (Wildman–Crippen MR) is 149 cm³/mol. The van der Waals surface area contributed by atoms with E-state index in [1.54, 1.807) is 36.4 Å². The smallest absolute Gasteiger partial charge is 0.243 e. The summed E-state index contributed by atoms with van der Waals surface area (Å²) in [5, 5.41) is 4.72. The van der Waals surface area contributed by atoms with Gasteiger partial charge in [-0.1, -0.05) is 88.9 Å². The number of hydrogen-bond donors (Lipinski definition) is 1. The number of benzene rings is 3. The summed E-state index contributed by atoms with van der Waals surface area (Å²) in [7, 11) is 0. The third-order valence-electron chi connectivity index (χ3n) is 5.52. The van der Waals surface area contributed by atoms with Crippen LogP contribution in [0.25, 0.3) is 0 Å². The molecular formula is C28H28Cl4N2O2. The SMILES string of the molecule is CC(C)(C)NC(=O)[C@@H](Cc1ccccc1)N(Cc1c(Cl)cccc1Cl)C(=O)Cc1ccc(Cl)cc1Cl. The molecule has 0 saturated heterocycles. The average Bonchev–Trinajstić information content (AvgIpc) is 2.79. The minimum atomic E-state index is -0.822. The van der Waals surface area contributed by atoms with Crippen LogP contribution in [0.2, 0.25) is 20.1 Å². The van der Waals surface area contributed by atoms with Crippen molar-refractivity contribution in [2.45, 2.75) is 51.7 Å². The fourth-order valence-corrected chi connectivity index (χ4v) is 4.78. The van der Waals surface area contributed by atoms with Crippen LogP contribution in [0.5, 0.6) is 0 Å². The molecule has 0 saturated carbocycles. The molecule has 0 fully saturated rings. The Hall–Kier alpha value is -2.24. The lowest BCUT2D eigenvalue weighted by atomic mass is 9.99. The molecule has 190 valence electrons. The number of hydrogen-bond acceptors (Lipinski definition) is 2. The molecule has 0 bridgehead atoms. The monoisotopic (exact) mass is 564 g/mol. The van der Waals surface area contributed by atoms with Gasteiger partial charge in [0.15, 0.2) is 0 Å². The van der Waals surface area contributed by atoms with Crippen LogP contribution in [0, 0.1) is 0 Å². The first-order valence-corrected chi connectivity index (χ1v) is 13.0. The van der Waals surface area contributed by atoms with Gasteiger partial charge in [-0.3, -0.25) is 9.59 Å². The molecule has 0 heterocycles. The molecular weight excluding hydrogens is 538 g/mol. The number of rotatable bonds is 8. The van der Waals surface area contributed by atoms with Crippen molar-refractivity contribution >= 4 is 58.2 Å². The lowest BCUT2D eigenvalue weighted by Gasteiger charge is -2.34. The van der Waals surface area contributed by atoms with Gasteiger partial charge in [0.2, 0.25) is 11.8 Å². The molecule has 0 aliphatic heterocycles. The van der Waals surface area contributed by atoms with Gasteiger partial charge in [-0.2, -0.15) is 0 Å². The molecule has 0 radical (unpaired) electrons. The van der Waals surface area contributed by atoms with Crippen LogP contribution < -0.4 is 5.32 Å². The Bertz CT molecular complexity index is 1210. The lowest BCUT2D eigenvalue weighted by Crippen LogP contribution is -2.54. The molecule has 0 aliphatic carbocycles. The summed E-state index contributed by atoms with van der Waals surface area (Å²) in [4.78, 5) is 29.0. The molecule has 1 atom stereocenters. The van der Waals surface area contributed by atoms with Crippen molar-refractivity contribution < 1.29 is 9.59 Å². The zero-order chi connectivity index (χ0) is 26.5. The summed E-state index contributed by atoms with van der Waals surface area (Å²) in [6, 6.07) is 18.9. The molecule has 3 rings (SSSR count). The van der Waals surface area contributed by atoms with E-state index in [2.05, 4.69) is 5.32 Å². The number of nitrogens with one attached hydrogen (secondary N) is 1. The minimum absolute atomic E-state index is 0.0217. The molecule has 0 spiro atoms. The van der Waals surface area contributed by atoms with Gasteiger partial charge in [0.05, 0.1) is 6.42 Å². The molecule has 0 aromatic heterocycles. The Balaban J connectivity index is 2.06. The summed E-state index contributed by atoms with van der Waals surface area (Å²) in [5.41, 5.74) is 1.59. The first kappa shape index (κ1) is 28.3. The highest BCUT2D eigenvalue weighted by molar-refractivity contribution is 6.36. The van der Waals surface area contributed by atoms with Gasteiger partial charge >= 0.3 is 0 Å². The van der Waals surface area contributed by atoms with Crippen molar-refractivity contribution in [3.63, 3.8) is 0 Å². The summed E-state index contributed by atoms with van der Waals surface area (Å²) < 4.78 is 0. The van der Waals surface area contributed by atoms with Gasteiger partial charge in [-0.15, -0.1) is 0 Å². The van der Waals surface area contributed by atoms with Crippen LogP contribution in [-0.4, -0.2) is 28.3 Å². The van der Waals surface area contributed by atoms with Crippen molar-refractivity contribution in [2.24, 2.45) is 0 Å². The van der Waals surface area contributed by atoms with E-state index in [0.717, 1.165) is 5.56 Å². The van der Waals surface area contributed by atoms with Crippen molar-refractivity contribution in [3.05, 3.63) is 104 Å². The fraction of sp³-hybridized carbons (Fsp3) is 0.286. The zero-order valence-corrected chi connectivity index (χ0v) is 23.3. The van der Waals surface area contributed by atoms with Crippen LogP contribution in [0.4, 0.5) is 0 Å². The normalized spacial score (nSPS) is 12.2. The van der Waals surface area contributed by atoms with E-state index in [1.807, 2.05) is 51.1 Å². The van der Waals surface area contributed by atoms with Crippen molar-refractivity contribution in [1.82, 2.24) is 10.2 Å². The quantitative estimate of drug-likeness (QED) is 0.309. The maximum absolute atomic E-state index is 13.8. The van der Waals surface area contributed by atoms with Crippen LogP contribution in [0.1, 0.15) is 37.5 Å². The number of carbonyl (C=O) groups excluding carboxylic acids is 2. The van der Waals surface area contributed by atoms with Crippen molar-refractivity contribution in [1.29, 1.82) is 0 Å². The van der Waals surface area contributed by atoms with E-state index < -0.39 is 11.6 Å². The standard InChI is InChI=1S/C28H28Cl4N2O2/c1-28(2,3)33-27(36)25(14-18-8-5-4-6-9-18)34(17-21-22(30)10-7-11-23(21)31)26(35)15-19-12-13-20(29)16-24(19)32/h4-13,16,25H,14-15,17H2,1-3H3,(H,33,36)/t25-/m1/s1. The Morgan fingerprint density at radius 3 is 2.08 bits per heavy atom. The third-order valence-corrected chi connectivity index (χ3v) is 6.81. The van der Waals surface area contributed by atoms with Gasteiger partial charge < -0.3 is 10.2 Å². The predicted octanol–water partition coefficient (Wildman–Crippen LogP) is 7.40. The third kappa shape index (κ3) is 7.88. The van der Waals surface area contributed by atoms with Gasteiger partial charge in [0.1, 0.15) is 6.04 Å². The molecule has 8 heteroatoms. The van der Waals surface area contributed by atoms with E-state index in [0.29, 0.717) is 37.6 Å². The second kappa shape index (κ2) is 12.3. The Kier molecular flexibility index (Phi) is 9.71. The maximum Gasteiger partial charge on any atom is 0.243 e. The summed E-state index contributed by atoms with van der Waals surface area (Å²) in [6.45, 7) is 5.75. The highest BCUT2D eigenvalue weighted by atomic mass is 35.5. The average molecular weight is 566 g/mol. The fourth-order valence-electron chi connectivity index (χ4n) is 3.79. The minimum Gasteiger partial charge on any atom is -0.350 e. The topological polar surface area (TPSA) is 49.4 Å². The van der Waals surface area contributed by atoms with Crippen LogP contribution in [0.3, 0.4) is 0 Å². The van der Waals surface area contributed by atoms with Gasteiger partial charge in [0, 0.05) is 44.2 Å². The van der Waals surface area contributed by atoms with Gasteiger partial charge in [-0.05, 0) is 56.2 Å². The highest BCUT2D eigenvalue weighted by Gasteiger charge is 2.33. The van der Waals surface area contributed by atoms with E-state index >= 15 is 0 Å². The lowest BCUT2D eigenvalue weighted by molar-refractivity contribution is -0.141. The molecule has 3 aromatic rings. The summed E-state index contributed by atoms with van der Waals surface area (Å²) in [6.07, 6.45) is 0.289. The number of halogens is 4. The first-order valence-electron chi connectivity index (χ1n) is 11.5. The largest absolute Gasteiger partial charge is 0.350 e. The second-order valence-corrected chi connectivity index (χ2v) is 11.2. The van der Waals surface area contributed by atoms with Crippen LogP contribution >= 0.6 is 46.4 Å². The van der Waals surface area contributed by atoms with Crippen LogP contribution in [0.15, 0.2) is 66.7 Å². The molecule has 4 nitrogen and oxygen atoms in total. The Morgan fingerprint density at radius 2 is 1.50 bits per heavy atom.